The number of hydrogen-bond donors (Lipinski definition) is 2. The van der Waals surface area contributed by atoms with Gasteiger partial charge in [-0.15, -0.1) is 0 Å². The number of nitrogens with one attached hydrogen (secondary N) is 2. The topological polar surface area (TPSA) is 68.0 Å². The molecule has 1 saturated carbocycles. The van der Waals surface area contributed by atoms with Gasteiger partial charge >= 0.3 is 0 Å². The average molecular weight is 426 g/mol. The van der Waals surface area contributed by atoms with E-state index < -0.39 is 0 Å². The number of ether oxygens (including phenoxy) is 2. The van der Waals surface area contributed by atoms with Crippen LogP contribution in [0.3, 0.4) is 0 Å². The fourth-order valence-electron chi connectivity index (χ4n) is 4.14. The van der Waals surface area contributed by atoms with Crippen LogP contribution in [0.5, 0.6) is 0 Å². The minimum atomic E-state index is 0.328. The van der Waals surface area contributed by atoms with Gasteiger partial charge < -0.3 is 24.5 Å². The maximum atomic E-state index is 6.02. The summed E-state index contributed by atoms with van der Waals surface area (Å²) in [5, 5.41) is 7.08. The first kappa shape index (κ1) is 21.9. The minimum Gasteiger partial charge on any atom is -0.469 e. The first-order valence-electron chi connectivity index (χ1n) is 11.7. The number of nitrogens with zero attached hydrogens (tertiary/aromatic N) is 1. The van der Waals surface area contributed by atoms with Gasteiger partial charge in [0, 0.05) is 32.2 Å². The monoisotopic (exact) mass is 425 g/mol. The van der Waals surface area contributed by atoms with Gasteiger partial charge in [-0.1, -0.05) is 37.1 Å². The van der Waals surface area contributed by atoms with E-state index >= 15 is 0 Å². The molecule has 2 fully saturated rings. The average Bonchev–Trinajstić information content (AvgIpc) is 3.52. The minimum absolute atomic E-state index is 0.328. The third-order valence-corrected chi connectivity index (χ3v) is 6.04. The number of hydrogen-bond acceptors (Lipinski definition) is 4. The van der Waals surface area contributed by atoms with Crippen LogP contribution in [0, 0.1) is 0 Å². The summed E-state index contributed by atoms with van der Waals surface area (Å²) >= 11 is 0. The Hall–Kier alpha value is -2.31. The van der Waals surface area contributed by atoms with Crippen molar-refractivity contribution in [1.82, 2.24) is 10.6 Å². The van der Waals surface area contributed by atoms with E-state index in [1.807, 2.05) is 12.1 Å². The van der Waals surface area contributed by atoms with Crippen molar-refractivity contribution >= 4 is 5.96 Å². The van der Waals surface area contributed by atoms with Crippen LogP contribution in [0.15, 0.2) is 52.1 Å². The summed E-state index contributed by atoms with van der Waals surface area (Å²) in [6, 6.07) is 13.1. The first-order chi connectivity index (χ1) is 15.3. The fraction of sp³-hybridized carbons (Fsp3) is 0.560. The van der Waals surface area contributed by atoms with Crippen LogP contribution in [0.2, 0.25) is 0 Å². The Morgan fingerprint density at radius 1 is 1.00 bits per heavy atom. The Kier molecular flexibility index (Phi) is 8.42. The highest BCUT2D eigenvalue weighted by Gasteiger charge is 2.16. The second kappa shape index (κ2) is 11.9. The lowest BCUT2D eigenvalue weighted by molar-refractivity contribution is -0.0390. The quantitative estimate of drug-likeness (QED) is 0.466. The molecule has 0 bridgehead atoms. The largest absolute Gasteiger partial charge is 0.469 e. The molecule has 1 aromatic carbocycles. The van der Waals surface area contributed by atoms with Crippen LogP contribution < -0.4 is 10.6 Å². The maximum Gasteiger partial charge on any atom is 0.191 e. The van der Waals surface area contributed by atoms with Crippen LogP contribution >= 0.6 is 0 Å². The molecule has 1 saturated heterocycles. The molecule has 31 heavy (non-hydrogen) atoms. The summed E-state index contributed by atoms with van der Waals surface area (Å²) in [7, 11) is 0. The van der Waals surface area contributed by atoms with E-state index in [-0.39, 0.29) is 0 Å². The number of guanidine groups is 1. The molecular formula is C25H35N3O3. The van der Waals surface area contributed by atoms with Gasteiger partial charge in [-0.2, -0.15) is 0 Å². The molecule has 0 unspecified atom stereocenters. The summed E-state index contributed by atoms with van der Waals surface area (Å²) in [5.41, 5.74) is 2.41. The number of rotatable bonds is 9. The predicted molar refractivity (Wildman–Crippen MR) is 122 cm³/mol. The number of aliphatic imine (C=N–C) groups is 1. The molecule has 2 aliphatic rings. The van der Waals surface area contributed by atoms with Crippen molar-refractivity contribution in [3.8, 4) is 0 Å². The Morgan fingerprint density at radius 2 is 1.77 bits per heavy atom. The summed E-state index contributed by atoms with van der Waals surface area (Å²) in [4.78, 5) is 4.84. The normalized spacial score (nSPS) is 18.4. The summed E-state index contributed by atoms with van der Waals surface area (Å²) in [5.74, 6) is 1.89. The molecule has 0 atom stereocenters. The lowest BCUT2D eigenvalue weighted by atomic mass is 10.1. The Balaban J connectivity index is 1.27. The van der Waals surface area contributed by atoms with E-state index in [0.29, 0.717) is 25.3 Å². The zero-order valence-corrected chi connectivity index (χ0v) is 18.4. The molecule has 0 spiro atoms. The van der Waals surface area contributed by atoms with Crippen LogP contribution in [0.25, 0.3) is 0 Å². The molecule has 0 radical (unpaired) electrons. The van der Waals surface area contributed by atoms with E-state index in [9.17, 15) is 0 Å². The second-order valence-corrected chi connectivity index (χ2v) is 8.49. The third kappa shape index (κ3) is 7.40. The molecule has 4 rings (SSSR count). The summed E-state index contributed by atoms with van der Waals surface area (Å²) in [6.07, 6.45) is 9.94. The SMILES string of the molecule is c1coc(CCNC(=NCc2ccc(COC3CCOCC3)cc2)NC2CCCC2)c1. The predicted octanol–water partition coefficient (Wildman–Crippen LogP) is 4.20. The molecule has 6 heteroatoms. The van der Waals surface area contributed by atoms with E-state index in [2.05, 4.69) is 34.9 Å². The molecule has 1 aromatic heterocycles. The first-order valence-corrected chi connectivity index (χ1v) is 11.7. The lowest BCUT2D eigenvalue weighted by Crippen LogP contribution is -2.43. The molecule has 2 N–H and O–H groups in total. The molecule has 1 aliphatic carbocycles. The Bertz CT molecular complexity index is 777. The smallest absolute Gasteiger partial charge is 0.191 e. The van der Waals surface area contributed by atoms with Gasteiger partial charge in [0.25, 0.3) is 0 Å². The number of furan rings is 1. The van der Waals surface area contributed by atoms with Gasteiger partial charge in [-0.05, 0) is 48.9 Å². The molecule has 2 heterocycles. The number of benzene rings is 1. The van der Waals surface area contributed by atoms with E-state index in [4.69, 9.17) is 18.9 Å². The van der Waals surface area contributed by atoms with E-state index in [1.54, 1.807) is 6.26 Å². The van der Waals surface area contributed by atoms with Gasteiger partial charge in [0.15, 0.2) is 5.96 Å². The standard InChI is InChI=1S/C25H35N3O3/c1-2-5-22(4-1)28-25(26-14-11-23-6-3-15-30-23)27-18-20-7-9-21(10-8-20)19-31-24-12-16-29-17-13-24/h3,6-10,15,22,24H,1-2,4-5,11-14,16-19H2,(H2,26,27,28). The summed E-state index contributed by atoms with van der Waals surface area (Å²) < 4.78 is 16.8. The van der Waals surface area contributed by atoms with Gasteiger partial charge in [-0.25, -0.2) is 4.99 Å². The zero-order valence-electron chi connectivity index (χ0n) is 18.4. The van der Waals surface area contributed by atoms with Crippen LogP contribution in [0.1, 0.15) is 55.4 Å². The molecule has 2 aromatic rings. The molecule has 1 aliphatic heterocycles. The highest BCUT2D eigenvalue weighted by molar-refractivity contribution is 5.80. The van der Waals surface area contributed by atoms with Crippen molar-refractivity contribution in [3.63, 3.8) is 0 Å². The van der Waals surface area contributed by atoms with Crippen molar-refractivity contribution in [1.29, 1.82) is 0 Å². The molecule has 6 nitrogen and oxygen atoms in total. The van der Waals surface area contributed by atoms with Gasteiger partial charge in [0.2, 0.25) is 0 Å². The molecule has 168 valence electrons. The maximum absolute atomic E-state index is 6.02. The summed E-state index contributed by atoms with van der Waals surface area (Å²) in [6.45, 7) is 3.75. The van der Waals surface area contributed by atoms with Crippen molar-refractivity contribution in [2.45, 2.75) is 70.2 Å². The highest BCUT2D eigenvalue weighted by atomic mass is 16.5. The highest BCUT2D eigenvalue weighted by Crippen LogP contribution is 2.18. The van der Waals surface area contributed by atoms with Crippen molar-refractivity contribution in [3.05, 3.63) is 59.5 Å². The fourth-order valence-corrected chi connectivity index (χ4v) is 4.14. The van der Waals surface area contributed by atoms with Crippen molar-refractivity contribution in [2.75, 3.05) is 19.8 Å². The van der Waals surface area contributed by atoms with E-state index in [0.717, 1.165) is 50.7 Å². The molecule has 0 amide bonds. The van der Waals surface area contributed by atoms with Crippen LogP contribution in [-0.4, -0.2) is 37.9 Å². The Labute approximate surface area is 185 Å². The van der Waals surface area contributed by atoms with Gasteiger partial charge in [0.05, 0.1) is 25.5 Å². The molecular weight excluding hydrogens is 390 g/mol. The third-order valence-electron chi connectivity index (χ3n) is 6.04. The second-order valence-electron chi connectivity index (χ2n) is 8.49. The van der Waals surface area contributed by atoms with Crippen molar-refractivity contribution in [2.24, 2.45) is 4.99 Å². The van der Waals surface area contributed by atoms with Gasteiger partial charge in [-0.3, -0.25) is 0 Å². The van der Waals surface area contributed by atoms with Gasteiger partial charge in [0.1, 0.15) is 5.76 Å². The van der Waals surface area contributed by atoms with E-state index in [1.165, 1.54) is 36.8 Å². The van der Waals surface area contributed by atoms with Crippen LogP contribution in [0.4, 0.5) is 0 Å². The lowest BCUT2D eigenvalue weighted by Gasteiger charge is -2.22. The van der Waals surface area contributed by atoms with Crippen LogP contribution in [-0.2, 0) is 29.0 Å². The zero-order chi connectivity index (χ0) is 21.1. The van der Waals surface area contributed by atoms with Crippen molar-refractivity contribution < 1.29 is 13.9 Å². The Morgan fingerprint density at radius 3 is 2.52 bits per heavy atom.